The molecule has 0 spiro atoms. The molecule has 0 unspecified atom stereocenters. The Morgan fingerprint density at radius 2 is 2.00 bits per heavy atom. The van der Waals surface area contributed by atoms with Crippen LogP contribution in [0, 0.1) is 0 Å². The van der Waals surface area contributed by atoms with Crippen LogP contribution in [-0.2, 0) is 4.74 Å². The molecule has 0 aliphatic heterocycles. The predicted molar refractivity (Wildman–Crippen MR) is 44.3 cm³/mol. The van der Waals surface area contributed by atoms with Gasteiger partial charge in [0.1, 0.15) is 0 Å². The molecule has 0 rings (SSSR count). The maximum absolute atomic E-state index is 11.6. The summed E-state index contributed by atoms with van der Waals surface area (Å²) in [6, 6.07) is 0. The van der Waals surface area contributed by atoms with Crippen molar-refractivity contribution in [3.05, 3.63) is 12.2 Å². The van der Waals surface area contributed by atoms with Gasteiger partial charge < -0.3 is 10.5 Å². The molecule has 13 heavy (non-hydrogen) atoms. The second kappa shape index (κ2) is 5.99. The van der Waals surface area contributed by atoms with Gasteiger partial charge in [-0.2, -0.15) is 13.2 Å². The van der Waals surface area contributed by atoms with Gasteiger partial charge in [0.25, 0.3) is 0 Å². The van der Waals surface area contributed by atoms with Gasteiger partial charge in [0.05, 0.1) is 6.61 Å². The lowest BCUT2D eigenvalue weighted by Crippen LogP contribution is -2.11. The van der Waals surface area contributed by atoms with Gasteiger partial charge in [0.15, 0.2) is 0 Å². The van der Waals surface area contributed by atoms with E-state index in [9.17, 15) is 13.2 Å². The number of nitrogens with two attached hydrogens (primary N) is 1. The minimum absolute atomic E-state index is 0.0125. The molecule has 0 aliphatic rings. The van der Waals surface area contributed by atoms with E-state index in [1.807, 2.05) is 0 Å². The second-order valence-electron chi connectivity index (χ2n) is 2.73. The van der Waals surface area contributed by atoms with Gasteiger partial charge in [-0.1, -0.05) is 6.58 Å². The van der Waals surface area contributed by atoms with Crippen molar-refractivity contribution >= 4 is 0 Å². The minimum atomic E-state index is -4.09. The van der Waals surface area contributed by atoms with Gasteiger partial charge in [0.2, 0.25) is 0 Å². The molecule has 0 saturated heterocycles. The van der Waals surface area contributed by atoms with Gasteiger partial charge in [0, 0.05) is 19.6 Å². The van der Waals surface area contributed by atoms with E-state index in [2.05, 4.69) is 6.58 Å². The Morgan fingerprint density at radius 1 is 1.38 bits per heavy atom. The molecule has 0 aromatic carbocycles. The van der Waals surface area contributed by atoms with Crippen molar-refractivity contribution < 1.29 is 17.9 Å². The van der Waals surface area contributed by atoms with Crippen LogP contribution < -0.4 is 5.73 Å². The number of rotatable bonds is 6. The minimum Gasteiger partial charge on any atom is -0.377 e. The lowest BCUT2D eigenvalue weighted by Gasteiger charge is -2.07. The lowest BCUT2D eigenvalue weighted by atomic mass is 10.3. The molecule has 5 heteroatoms. The lowest BCUT2D eigenvalue weighted by molar-refractivity contribution is -0.137. The molecule has 0 atom stereocenters. The zero-order valence-corrected chi connectivity index (χ0v) is 7.36. The quantitative estimate of drug-likeness (QED) is 0.521. The average molecular weight is 197 g/mol. The molecule has 0 amide bonds. The molecule has 0 aromatic rings. The Morgan fingerprint density at radius 3 is 2.46 bits per heavy atom. The maximum atomic E-state index is 11.6. The van der Waals surface area contributed by atoms with Crippen molar-refractivity contribution in [3.63, 3.8) is 0 Å². The van der Waals surface area contributed by atoms with Crippen LogP contribution in [0.3, 0.4) is 0 Å². The number of halogens is 3. The average Bonchev–Trinajstić information content (AvgIpc) is 2.01. The van der Waals surface area contributed by atoms with Crippen molar-refractivity contribution in [2.75, 3.05) is 19.8 Å². The molecule has 2 N–H and O–H groups in total. The van der Waals surface area contributed by atoms with E-state index in [1.165, 1.54) is 0 Å². The van der Waals surface area contributed by atoms with Crippen LogP contribution >= 0.6 is 0 Å². The van der Waals surface area contributed by atoms with Gasteiger partial charge in [-0.05, 0) is 12.0 Å². The first kappa shape index (κ1) is 12.4. The normalized spacial score (nSPS) is 11.7. The SMILES string of the molecule is C=C(CN)COCCCC(F)(F)F. The molecule has 0 fully saturated rings. The van der Waals surface area contributed by atoms with Gasteiger partial charge >= 0.3 is 6.18 Å². The van der Waals surface area contributed by atoms with Crippen LogP contribution in [0.2, 0.25) is 0 Å². The summed E-state index contributed by atoms with van der Waals surface area (Å²) in [7, 11) is 0. The van der Waals surface area contributed by atoms with E-state index in [4.69, 9.17) is 10.5 Å². The van der Waals surface area contributed by atoms with Gasteiger partial charge in [-0.25, -0.2) is 0 Å². The predicted octanol–water partition coefficient (Wildman–Crippen LogP) is 1.86. The van der Waals surface area contributed by atoms with Gasteiger partial charge in [-0.3, -0.25) is 0 Å². The highest BCUT2D eigenvalue weighted by Gasteiger charge is 2.25. The Balaban J connectivity index is 3.22. The molecular formula is C8H14F3NO. The number of alkyl halides is 3. The monoisotopic (exact) mass is 197 g/mol. The summed E-state index contributed by atoms with van der Waals surface area (Å²) >= 11 is 0. The molecule has 0 radical (unpaired) electrons. The summed E-state index contributed by atoms with van der Waals surface area (Å²) in [4.78, 5) is 0. The summed E-state index contributed by atoms with van der Waals surface area (Å²) in [6.45, 7) is 4.19. The van der Waals surface area contributed by atoms with E-state index < -0.39 is 12.6 Å². The fraction of sp³-hybridized carbons (Fsp3) is 0.750. The van der Waals surface area contributed by atoms with Crippen molar-refractivity contribution in [2.24, 2.45) is 5.73 Å². The van der Waals surface area contributed by atoms with Crippen LogP contribution in [-0.4, -0.2) is 25.9 Å². The van der Waals surface area contributed by atoms with Crippen molar-refractivity contribution in [3.8, 4) is 0 Å². The van der Waals surface area contributed by atoms with Crippen LogP contribution in [0.5, 0.6) is 0 Å². The molecule has 0 aliphatic carbocycles. The summed E-state index contributed by atoms with van der Waals surface area (Å²) < 4.78 is 39.7. The third kappa shape index (κ3) is 9.36. The largest absolute Gasteiger partial charge is 0.389 e. The first-order chi connectivity index (χ1) is 5.95. The van der Waals surface area contributed by atoms with Crippen LogP contribution in [0.25, 0.3) is 0 Å². The third-order valence-corrected chi connectivity index (χ3v) is 1.34. The molecule has 0 bridgehead atoms. The first-order valence-electron chi connectivity index (χ1n) is 3.97. The maximum Gasteiger partial charge on any atom is 0.389 e. The number of hydrogen-bond donors (Lipinski definition) is 1. The van der Waals surface area contributed by atoms with Crippen LogP contribution in [0.1, 0.15) is 12.8 Å². The standard InChI is InChI=1S/C8H14F3NO/c1-7(5-12)6-13-4-2-3-8(9,10)11/h1-6,12H2. The topological polar surface area (TPSA) is 35.2 Å². The molecule has 0 aromatic heterocycles. The third-order valence-electron chi connectivity index (χ3n) is 1.34. The van der Waals surface area contributed by atoms with Crippen molar-refractivity contribution in [1.29, 1.82) is 0 Å². The first-order valence-corrected chi connectivity index (χ1v) is 3.97. The molecule has 0 saturated carbocycles. The van der Waals surface area contributed by atoms with Crippen LogP contribution in [0.4, 0.5) is 13.2 Å². The highest BCUT2D eigenvalue weighted by molar-refractivity contribution is 4.95. The van der Waals surface area contributed by atoms with E-state index in [-0.39, 0.29) is 19.6 Å². The summed E-state index contributed by atoms with van der Waals surface area (Å²) in [5.74, 6) is 0. The van der Waals surface area contributed by atoms with Crippen LogP contribution in [0.15, 0.2) is 12.2 Å². The molecule has 78 valence electrons. The van der Waals surface area contributed by atoms with E-state index in [0.29, 0.717) is 12.1 Å². The van der Waals surface area contributed by atoms with Gasteiger partial charge in [-0.15, -0.1) is 0 Å². The molecule has 2 nitrogen and oxygen atoms in total. The Kier molecular flexibility index (Phi) is 5.73. The highest BCUT2D eigenvalue weighted by atomic mass is 19.4. The fourth-order valence-electron chi connectivity index (χ4n) is 0.650. The molecule has 0 heterocycles. The Hall–Kier alpha value is -0.550. The highest BCUT2D eigenvalue weighted by Crippen LogP contribution is 2.20. The second-order valence-corrected chi connectivity index (χ2v) is 2.73. The fourth-order valence-corrected chi connectivity index (χ4v) is 0.650. The number of hydrogen-bond acceptors (Lipinski definition) is 2. The summed E-state index contributed by atoms with van der Waals surface area (Å²) in [5.41, 5.74) is 5.88. The van der Waals surface area contributed by atoms with E-state index in [1.54, 1.807) is 0 Å². The number of ether oxygens (including phenoxy) is 1. The summed E-state index contributed by atoms with van der Waals surface area (Å²) in [5, 5.41) is 0. The van der Waals surface area contributed by atoms with Crippen molar-refractivity contribution in [2.45, 2.75) is 19.0 Å². The summed E-state index contributed by atoms with van der Waals surface area (Å²) in [6.07, 6.45) is -4.91. The zero-order chi connectivity index (χ0) is 10.3. The van der Waals surface area contributed by atoms with E-state index >= 15 is 0 Å². The zero-order valence-electron chi connectivity index (χ0n) is 7.36. The van der Waals surface area contributed by atoms with Crippen molar-refractivity contribution in [1.82, 2.24) is 0 Å². The van der Waals surface area contributed by atoms with E-state index in [0.717, 1.165) is 0 Å². The Bertz CT molecular complexity index is 156. The molecular weight excluding hydrogens is 183 g/mol. The Labute approximate surface area is 75.6 Å². The smallest absolute Gasteiger partial charge is 0.377 e.